The Balaban J connectivity index is 2.42. The quantitative estimate of drug-likeness (QED) is 0.488. The van der Waals surface area contributed by atoms with E-state index in [2.05, 4.69) is 0 Å². The summed E-state index contributed by atoms with van der Waals surface area (Å²) < 4.78 is 0. The highest BCUT2D eigenvalue weighted by molar-refractivity contribution is 4.98. The fourth-order valence-electron chi connectivity index (χ4n) is 1.24. The maximum absolute atomic E-state index is 5.72. The third kappa shape index (κ3) is 2.50. The minimum Gasteiger partial charge on any atom is -0.324 e. The van der Waals surface area contributed by atoms with Gasteiger partial charge in [-0.05, 0) is 12.8 Å². The molecule has 0 spiro atoms. The van der Waals surface area contributed by atoms with Gasteiger partial charge >= 0.3 is 0 Å². The van der Waals surface area contributed by atoms with Crippen LogP contribution in [0.5, 0.6) is 0 Å². The molecule has 0 amide bonds. The van der Waals surface area contributed by atoms with Crippen LogP contribution in [-0.2, 0) is 0 Å². The van der Waals surface area contributed by atoms with Crippen molar-refractivity contribution in [2.24, 2.45) is 11.5 Å². The highest BCUT2D eigenvalue weighted by Crippen LogP contribution is 2.09. The monoisotopic (exact) mass is 140 g/mol. The van der Waals surface area contributed by atoms with Crippen molar-refractivity contribution in [3.8, 4) is 0 Å². The van der Waals surface area contributed by atoms with Gasteiger partial charge in [-0.3, -0.25) is 0 Å². The number of hydrogen-bond donors (Lipinski definition) is 2. The largest absolute Gasteiger partial charge is 0.324 e. The fourth-order valence-corrected chi connectivity index (χ4v) is 1.24. The molecule has 2 atom stereocenters. The minimum atomic E-state index is 0.242. The summed E-state index contributed by atoms with van der Waals surface area (Å²) >= 11 is 0. The zero-order chi connectivity index (χ0) is 7.40. The van der Waals surface area contributed by atoms with E-state index in [0.29, 0.717) is 0 Å². The van der Waals surface area contributed by atoms with Crippen LogP contribution in [0, 0.1) is 0 Å². The first-order chi connectivity index (χ1) is 4.79. The highest BCUT2D eigenvalue weighted by Gasteiger charge is 2.04. The van der Waals surface area contributed by atoms with Crippen LogP contribution in [-0.4, -0.2) is 12.1 Å². The van der Waals surface area contributed by atoms with Gasteiger partial charge in [0.2, 0.25) is 0 Å². The fraction of sp³-hybridized carbons (Fsp3) is 0.750. The predicted octanol–water partition coefficient (Wildman–Crippen LogP) is 0.771. The first-order valence-corrected chi connectivity index (χ1v) is 3.98. The molecule has 0 aliphatic heterocycles. The lowest BCUT2D eigenvalue weighted by atomic mass is 10.0. The van der Waals surface area contributed by atoms with Crippen molar-refractivity contribution in [3.05, 3.63) is 12.2 Å². The van der Waals surface area contributed by atoms with E-state index in [9.17, 15) is 0 Å². The second-order valence-electron chi connectivity index (χ2n) is 3.00. The van der Waals surface area contributed by atoms with Gasteiger partial charge in [-0.1, -0.05) is 25.0 Å². The molecule has 4 N–H and O–H groups in total. The molecule has 1 aliphatic rings. The molecule has 1 aliphatic carbocycles. The molecule has 2 nitrogen and oxygen atoms in total. The first kappa shape index (κ1) is 7.76. The summed E-state index contributed by atoms with van der Waals surface area (Å²) in [6.07, 6.45) is 8.73. The third-order valence-corrected chi connectivity index (χ3v) is 1.93. The minimum absolute atomic E-state index is 0.242. The zero-order valence-electron chi connectivity index (χ0n) is 6.29. The van der Waals surface area contributed by atoms with E-state index < -0.39 is 0 Å². The van der Waals surface area contributed by atoms with Crippen LogP contribution in [0.3, 0.4) is 0 Å². The van der Waals surface area contributed by atoms with Gasteiger partial charge in [-0.15, -0.1) is 0 Å². The van der Waals surface area contributed by atoms with Crippen LogP contribution < -0.4 is 11.5 Å². The summed E-state index contributed by atoms with van der Waals surface area (Å²) in [6.45, 7) is 0. The Hall–Kier alpha value is -0.340. The molecule has 0 radical (unpaired) electrons. The van der Waals surface area contributed by atoms with E-state index in [0.717, 1.165) is 12.8 Å². The van der Waals surface area contributed by atoms with Crippen LogP contribution in [0.15, 0.2) is 12.2 Å². The van der Waals surface area contributed by atoms with Crippen molar-refractivity contribution in [2.45, 2.75) is 37.8 Å². The molecule has 58 valence electrons. The third-order valence-electron chi connectivity index (χ3n) is 1.93. The van der Waals surface area contributed by atoms with E-state index in [1.165, 1.54) is 12.8 Å². The molecule has 10 heavy (non-hydrogen) atoms. The topological polar surface area (TPSA) is 52.0 Å². The molecule has 2 heteroatoms. The van der Waals surface area contributed by atoms with E-state index in [-0.39, 0.29) is 12.1 Å². The average molecular weight is 140 g/mol. The lowest BCUT2D eigenvalue weighted by Gasteiger charge is -2.13. The lowest BCUT2D eigenvalue weighted by molar-refractivity contribution is 0.562. The van der Waals surface area contributed by atoms with Crippen molar-refractivity contribution >= 4 is 0 Å². The summed E-state index contributed by atoms with van der Waals surface area (Å²) in [6, 6.07) is 0.484. The van der Waals surface area contributed by atoms with E-state index in [1.807, 2.05) is 12.2 Å². The number of hydrogen-bond acceptors (Lipinski definition) is 2. The van der Waals surface area contributed by atoms with Crippen molar-refractivity contribution in [1.82, 2.24) is 0 Å². The molecule has 0 unspecified atom stereocenters. The van der Waals surface area contributed by atoms with Crippen molar-refractivity contribution in [2.75, 3.05) is 0 Å². The molecule has 0 heterocycles. The Morgan fingerprint density at radius 2 is 1.30 bits per heavy atom. The Labute approximate surface area is 62.3 Å². The summed E-state index contributed by atoms with van der Waals surface area (Å²) in [5.74, 6) is 0. The molecule has 1 rings (SSSR count). The molecule has 0 aromatic rings. The van der Waals surface area contributed by atoms with Crippen LogP contribution in [0.25, 0.3) is 0 Å². The second-order valence-corrected chi connectivity index (χ2v) is 3.00. The normalized spacial score (nSPS) is 38.2. The van der Waals surface area contributed by atoms with Gasteiger partial charge < -0.3 is 11.5 Å². The Bertz CT molecular complexity index is 106. The van der Waals surface area contributed by atoms with Crippen LogP contribution in [0.2, 0.25) is 0 Å². The molecule has 0 fully saturated rings. The maximum Gasteiger partial charge on any atom is 0.0224 e. The molecule has 0 aromatic carbocycles. The first-order valence-electron chi connectivity index (χ1n) is 3.98. The van der Waals surface area contributed by atoms with Gasteiger partial charge in [0.15, 0.2) is 0 Å². The van der Waals surface area contributed by atoms with Crippen LogP contribution in [0.4, 0.5) is 0 Å². The Morgan fingerprint density at radius 3 is 1.70 bits per heavy atom. The SMILES string of the molecule is N[C@H]1/C=C/[C@H](N)CCCC1. The van der Waals surface area contributed by atoms with Crippen LogP contribution >= 0.6 is 0 Å². The van der Waals surface area contributed by atoms with E-state index in [4.69, 9.17) is 11.5 Å². The van der Waals surface area contributed by atoms with Crippen LogP contribution in [0.1, 0.15) is 25.7 Å². The molecular weight excluding hydrogens is 124 g/mol. The Kier molecular flexibility index (Phi) is 2.90. The predicted molar refractivity (Wildman–Crippen MR) is 43.6 cm³/mol. The summed E-state index contributed by atoms with van der Waals surface area (Å²) in [4.78, 5) is 0. The number of nitrogens with two attached hydrogens (primary N) is 2. The lowest BCUT2D eigenvalue weighted by Crippen LogP contribution is -2.23. The van der Waals surface area contributed by atoms with Gasteiger partial charge in [0, 0.05) is 12.1 Å². The van der Waals surface area contributed by atoms with Crippen molar-refractivity contribution < 1.29 is 0 Å². The van der Waals surface area contributed by atoms with Crippen molar-refractivity contribution in [1.29, 1.82) is 0 Å². The second kappa shape index (κ2) is 3.74. The molecule has 0 aromatic heterocycles. The molecule has 0 bridgehead atoms. The van der Waals surface area contributed by atoms with E-state index in [1.54, 1.807) is 0 Å². The molecule has 0 saturated carbocycles. The molecular formula is C8H16N2. The standard InChI is InChI=1S/C8H16N2/c9-7-3-1-2-4-8(10)6-5-7/h5-8H,1-4,9-10H2/b6-5+/t7-,8-/m1/s1. The molecule has 0 saturated heterocycles. The Morgan fingerprint density at radius 1 is 0.900 bits per heavy atom. The summed E-state index contributed by atoms with van der Waals surface area (Å²) in [7, 11) is 0. The van der Waals surface area contributed by atoms with Gasteiger partial charge in [0.05, 0.1) is 0 Å². The zero-order valence-corrected chi connectivity index (χ0v) is 6.29. The average Bonchev–Trinajstić information content (AvgIpc) is 1.90. The van der Waals surface area contributed by atoms with Gasteiger partial charge in [-0.25, -0.2) is 0 Å². The van der Waals surface area contributed by atoms with Gasteiger partial charge in [0.25, 0.3) is 0 Å². The number of rotatable bonds is 0. The smallest absolute Gasteiger partial charge is 0.0224 e. The van der Waals surface area contributed by atoms with E-state index >= 15 is 0 Å². The summed E-state index contributed by atoms with van der Waals surface area (Å²) in [5, 5.41) is 0. The van der Waals surface area contributed by atoms with Crippen molar-refractivity contribution in [3.63, 3.8) is 0 Å². The summed E-state index contributed by atoms with van der Waals surface area (Å²) in [5.41, 5.74) is 11.4. The maximum atomic E-state index is 5.72. The highest BCUT2D eigenvalue weighted by atomic mass is 14.6. The van der Waals surface area contributed by atoms with Gasteiger partial charge in [-0.2, -0.15) is 0 Å². The van der Waals surface area contributed by atoms with Gasteiger partial charge in [0.1, 0.15) is 0 Å².